The van der Waals surface area contributed by atoms with E-state index in [1.54, 1.807) is 6.20 Å². The highest BCUT2D eigenvalue weighted by Gasteiger charge is 2.17. The SMILES string of the molecule is Cc1cccnc1NC(=O)c1n[nH]c2ccc(-c3cncc(CN4CCCC4)c3)cc12. The number of anilines is 1. The highest BCUT2D eigenvalue weighted by atomic mass is 16.2. The number of H-pyrrole nitrogens is 1. The van der Waals surface area contributed by atoms with Crippen LogP contribution in [0.5, 0.6) is 0 Å². The lowest BCUT2D eigenvalue weighted by Crippen LogP contribution is -2.18. The van der Waals surface area contributed by atoms with E-state index in [9.17, 15) is 4.79 Å². The molecule has 1 aliphatic heterocycles. The van der Waals surface area contributed by atoms with Crippen molar-refractivity contribution in [3.63, 3.8) is 0 Å². The van der Waals surface area contributed by atoms with Gasteiger partial charge in [-0.05, 0) is 73.8 Å². The van der Waals surface area contributed by atoms with E-state index >= 15 is 0 Å². The number of benzene rings is 1. The first-order chi connectivity index (χ1) is 15.2. The molecule has 31 heavy (non-hydrogen) atoms. The molecule has 0 radical (unpaired) electrons. The fraction of sp³-hybridized carbons (Fsp3) is 0.250. The fourth-order valence-corrected chi connectivity index (χ4v) is 4.08. The summed E-state index contributed by atoms with van der Waals surface area (Å²) in [4.78, 5) is 24.0. The Labute approximate surface area is 180 Å². The lowest BCUT2D eigenvalue weighted by atomic mass is 10.0. The average molecular weight is 412 g/mol. The molecule has 1 saturated heterocycles. The first-order valence-electron chi connectivity index (χ1n) is 10.5. The van der Waals surface area contributed by atoms with Crippen LogP contribution < -0.4 is 5.32 Å². The van der Waals surface area contributed by atoms with Gasteiger partial charge < -0.3 is 5.32 Å². The fourth-order valence-electron chi connectivity index (χ4n) is 4.08. The third-order valence-electron chi connectivity index (χ3n) is 5.75. The number of pyridine rings is 2. The minimum absolute atomic E-state index is 0.286. The molecule has 3 aromatic heterocycles. The quantitative estimate of drug-likeness (QED) is 0.514. The minimum atomic E-state index is -0.286. The van der Waals surface area contributed by atoms with Crippen molar-refractivity contribution in [2.75, 3.05) is 18.4 Å². The van der Waals surface area contributed by atoms with E-state index in [0.717, 1.165) is 47.2 Å². The van der Waals surface area contributed by atoms with Gasteiger partial charge in [0.1, 0.15) is 5.82 Å². The van der Waals surface area contributed by atoms with Crippen molar-refractivity contribution in [3.05, 3.63) is 71.8 Å². The summed E-state index contributed by atoms with van der Waals surface area (Å²) in [5, 5.41) is 10.8. The van der Waals surface area contributed by atoms with Crippen LogP contribution >= 0.6 is 0 Å². The van der Waals surface area contributed by atoms with Crippen LogP contribution in [0.15, 0.2) is 55.0 Å². The summed E-state index contributed by atoms with van der Waals surface area (Å²) < 4.78 is 0. The zero-order valence-electron chi connectivity index (χ0n) is 17.4. The van der Waals surface area contributed by atoms with E-state index in [1.165, 1.54) is 18.4 Å². The molecule has 4 heterocycles. The Morgan fingerprint density at radius 2 is 2.00 bits per heavy atom. The number of aryl methyl sites for hydroxylation is 1. The van der Waals surface area contributed by atoms with Gasteiger partial charge in [-0.25, -0.2) is 4.98 Å². The van der Waals surface area contributed by atoms with E-state index < -0.39 is 0 Å². The predicted molar refractivity (Wildman–Crippen MR) is 121 cm³/mol. The molecule has 0 aliphatic carbocycles. The van der Waals surface area contributed by atoms with Gasteiger partial charge in [0.2, 0.25) is 0 Å². The van der Waals surface area contributed by atoms with Crippen LogP contribution in [0.25, 0.3) is 22.0 Å². The van der Waals surface area contributed by atoms with Crippen LogP contribution in [0.1, 0.15) is 34.5 Å². The molecule has 0 unspecified atom stereocenters. The smallest absolute Gasteiger partial charge is 0.277 e. The van der Waals surface area contributed by atoms with Gasteiger partial charge in [0, 0.05) is 36.1 Å². The summed E-state index contributed by atoms with van der Waals surface area (Å²) in [5.74, 6) is 0.254. The molecule has 5 rings (SSSR count). The second-order valence-corrected chi connectivity index (χ2v) is 8.02. The monoisotopic (exact) mass is 412 g/mol. The Kier molecular flexibility index (Phi) is 5.18. The van der Waals surface area contributed by atoms with Gasteiger partial charge in [0.25, 0.3) is 5.91 Å². The number of aromatic amines is 1. The van der Waals surface area contributed by atoms with Gasteiger partial charge in [-0.2, -0.15) is 5.10 Å². The largest absolute Gasteiger partial charge is 0.305 e. The van der Waals surface area contributed by atoms with Crippen molar-refractivity contribution in [3.8, 4) is 11.1 Å². The molecule has 0 bridgehead atoms. The molecule has 0 spiro atoms. The number of likely N-dealkylation sites (tertiary alicyclic amines) is 1. The maximum absolute atomic E-state index is 12.9. The number of fused-ring (bicyclic) bond motifs is 1. The molecule has 2 N–H and O–H groups in total. The third-order valence-corrected chi connectivity index (χ3v) is 5.75. The first kappa shape index (κ1) is 19.4. The third kappa shape index (κ3) is 4.04. The second kappa shape index (κ2) is 8.28. The molecule has 1 aliphatic rings. The second-order valence-electron chi connectivity index (χ2n) is 8.02. The van der Waals surface area contributed by atoms with Crippen LogP contribution in [-0.2, 0) is 6.54 Å². The molecule has 7 nitrogen and oxygen atoms in total. The van der Waals surface area contributed by atoms with Gasteiger partial charge in [-0.3, -0.25) is 19.8 Å². The molecule has 0 atom stereocenters. The zero-order chi connectivity index (χ0) is 21.2. The number of aromatic nitrogens is 4. The summed E-state index contributed by atoms with van der Waals surface area (Å²) in [5.41, 5.74) is 5.31. The molecule has 7 heteroatoms. The Morgan fingerprint density at radius 3 is 2.84 bits per heavy atom. The van der Waals surface area contributed by atoms with E-state index in [2.05, 4.69) is 36.4 Å². The van der Waals surface area contributed by atoms with Gasteiger partial charge in [0.15, 0.2) is 5.69 Å². The first-order valence-corrected chi connectivity index (χ1v) is 10.5. The van der Waals surface area contributed by atoms with E-state index in [-0.39, 0.29) is 5.91 Å². The number of carbonyl (C=O) groups is 1. The maximum Gasteiger partial charge on any atom is 0.277 e. The van der Waals surface area contributed by atoms with E-state index in [0.29, 0.717) is 11.5 Å². The molecule has 156 valence electrons. The van der Waals surface area contributed by atoms with Crippen LogP contribution in [0.4, 0.5) is 5.82 Å². The Morgan fingerprint density at radius 1 is 1.13 bits per heavy atom. The number of hydrogen-bond donors (Lipinski definition) is 2. The van der Waals surface area contributed by atoms with Crippen molar-refractivity contribution in [1.29, 1.82) is 0 Å². The number of amides is 1. The van der Waals surface area contributed by atoms with E-state index in [1.807, 2.05) is 49.6 Å². The van der Waals surface area contributed by atoms with Crippen molar-refractivity contribution < 1.29 is 4.79 Å². The summed E-state index contributed by atoms with van der Waals surface area (Å²) >= 11 is 0. The number of hydrogen-bond acceptors (Lipinski definition) is 5. The van der Waals surface area contributed by atoms with Crippen LogP contribution in [0.2, 0.25) is 0 Å². The lowest BCUT2D eigenvalue weighted by molar-refractivity contribution is 0.102. The number of rotatable bonds is 5. The number of carbonyl (C=O) groups excluding carboxylic acids is 1. The summed E-state index contributed by atoms with van der Waals surface area (Å²) in [7, 11) is 0. The molecule has 1 aromatic carbocycles. The van der Waals surface area contributed by atoms with Crippen molar-refractivity contribution in [1.82, 2.24) is 25.1 Å². The Balaban J connectivity index is 1.44. The number of nitrogens with one attached hydrogen (secondary N) is 2. The minimum Gasteiger partial charge on any atom is -0.305 e. The van der Waals surface area contributed by atoms with Crippen LogP contribution in [-0.4, -0.2) is 44.1 Å². The summed E-state index contributed by atoms with van der Waals surface area (Å²) in [6.45, 7) is 5.14. The Hall–Kier alpha value is -3.58. The van der Waals surface area contributed by atoms with Gasteiger partial charge in [-0.15, -0.1) is 0 Å². The highest BCUT2D eigenvalue weighted by molar-refractivity contribution is 6.11. The molecular formula is C24H24N6O. The number of nitrogens with zero attached hydrogens (tertiary/aromatic N) is 4. The van der Waals surface area contributed by atoms with Crippen LogP contribution in [0, 0.1) is 6.92 Å². The molecule has 4 aromatic rings. The molecular weight excluding hydrogens is 388 g/mol. The zero-order valence-corrected chi connectivity index (χ0v) is 17.4. The lowest BCUT2D eigenvalue weighted by Gasteiger charge is -2.14. The van der Waals surface area contributed by atoms with Gasteiger partial charge in [-0.1, -0.05) is 12.1 Å². The van der Waals surface area contributed by atoms with Crippen molar-refractivity contribution in [2.45, 2.75) is 26.3 Å². The van der Waals surface area contributed by atoms with Crippen molar-refractivity contribution >= 4 is 22.6 Å². The summed E-state index contributed by atoms with van der Waals surface area (Å²) in [6.07, 6.45) is 8.00. The normalized spacial score (nSPS) is 14.2. The predicted octanol–water partition coefficient (Wildman–Crippen LogP) is 4.18. The standard InChI is InChI=1S/C24H24N6O/c1-16-5-4-8-26-23(16)27-24(31)22-20-12-18(6-7-21(20)28-29-22)19-11-17(13-25-14-19)15-30-9-2-3-10-30/h4-8,11-14H,2-3,9-10,15H2,1H3,(H,28,29)(H,26,27,31). The topological polar surface area (TPSA) is 86.8 Å². The van der Waals surface area contributed by atoms with Crippen molar-refractivity contribution in [2.24, 2.45) is 0 Å². The molecule has 1 fully saturated rings. The Bertz CT molecular complexity index is 1240. The molecule has 0 saturated carbocycles. The van der Waals surface area contributed by atoms with Gasteiger partial charge in [0.05, 0.1) is 5.52 Å². The maximum atomic E-state index is 12.9. The van der Waals surface area contributed by atoms with Gasteiger partial charge >= 0.3 is 0 Å². The van der Waals surface area contributed by atoms with E-state index in [4.69, 9.17) is 0 Å². The molecule has 1 amide bonds. The highest BCUT2D eigenvalue weighted by Crippen LogP contribution is 2.27. The van der Waals surface area contributed by atoms with Crippen LogP contribution in [0.3, 0.4) is 0 Å². The summed E-state index contributed by atoms with van der Waals surface area (Å²) in [6, 6.07) is 11.9. The average Bonchev–Trinajstić information content (AvgIpc) is 3.45.